The first-order valence-corrected chi connectivity index (χ1v) is 3.85. The van der Waals surface area contributed by atoms with Crippen molar-refractivity contribution in [2.45, 2.75) is 12.2 Å². The highest BCUT2D eigenvalue weighted by Gasteiger charge is 2.41. The SMILES string of the molecule is [CH2]CN1CCNC(C(F)(F)F)C1. The predicted octanol–water partition coefficient (Wildman–Crippen LogP) is 0.657. The van der Waals surface area contributed by atoms with E-state index in [9.17, 15) is 13.2 Å². The molecule has 0 aliphatic carbocycles. The van der Waals surface area contributed by atoms with E-state index in [4.69, 9.17) is 0 Å². The van der Waals surface area contributed by atoms with Crippen LogP contribution < -0.4 is 5.32 Å². The first-order chi connectivity index (χ1) is 5.54. The van der Waals surface area contributed by atoms with E-state index in [1.54, 1.807) is 4.90 Å². The fourth-order valence-corrected chi connectivity index (χ4v) is 1.23. The van der Waals surface area contributed by atoms with Crippen LogP contribution >= 0.6 is 0 Å². The molecule has 1 N–H and O–H groups in total. The molecule has 1 rings (SSSR count). The Bertz CT molecular complexity index is 146. The Morgan fingerprint density at radius 2 is 2.17 bits per heavy atom. The van der Waals surface area contributed by atoms with E-state index >= 15 is 0 Å². The van der Waals surface area contributed by atoms with Crippen LogP contribution in [-0.2, 0) is 0 Å². The lowest BCUT2D eigenvalue weighted by Gasteiger charge is -2.33. The molecule has 1 saturated heterocycles. The van der Waals surface area contributed by atoms with Crippen molar-refractivity contribution in [2.24, 2.45) is 0 Å². The van der Waals surface area contributed by atoms with Gasteiger partial charge >= 0.3 is 6.18 Å². The van der Waals surface area contributed by atoms with Crippen LogP contribution in [0.1, 0.15) is 0 Å². The maximum Gasteiger partial charge on any atom is 0.405 e. The number of nitrogens with zero attached hydrogens (tertiary/aromatic N) is 1. The molecule has 12 heavy (non-hydrogen) atoms. The van der Waals surface area contributed by atoms with Crippen LogP contribution in [-0.4, -0.2) is 43.3 Å². The highest BCUT2D eigenvalue weighted by molar-refractivity contribution is 4.83. The Labute approximate surface area is 69.7 Å². The predicted molar refractivity (Wildman–Crippen MR) is 39.6 cm³/mol. The molecule has 71 valence electrons. The van der Waals surface area contributed by atoms with Gasteiger partial charge in [0, 0.05) is 19.6 Å². The topological polar surface area (TPSA) is 15.3 Å². The zero-order valence-electron chi connectivity index (χ0n) is 6.69. The quantitative estimate of drug-likeness (QED) is 0.639. The van der Waals surface area contributed by atoms with Crippen molar-refractivity contribution in [3.05, 3.63) is 6.92 Å². The van der Waals surface area contributed by atoms with Gasteiger partial charge in [-0.05, 0) is 13.5 Å². The zero-order valence-corrected chi connectivity index (χ0v) is 6.69. The van der Waals surface area contributed by atoms with Gasteiger partial charge in [-0.2, -0.15) is 13.2 Å². The van der Waals surface area contributed by atoms with Gasteiger partial charge in [0.15, 0.2) is 0 Å². The Hall–Kier alpha value is -0.290. The third-order valence-electron chi connectivity index (χ3n) is 1.97. The Morgan fingerprint density at radius 3 is 2.67 bits per heavy atom. The fourth-order valence-electron chi connectivity index (χ4n) is 1.23. The number of nitrogens with one attached hydrogen (secondary N) is 1. The van der Waals surface area contributed by atoms with E-state index in [0.717, 1.165) is 0 Å². The van der Waals surface area contributed by atoms with Crippen molar-refractivity contribution in [1.29, 1.82) is 0 Å². The second-order valence-corrected chi connectivity index (χ2v) is 2.85. The molecule has 0 aromatic heterocycles. The average Bonchev–Trinajstić information content (AvgIpc) is 2.03. The summed E-state index contributed by atoms with van der Waals surface area (Å²) >= 11 is 0. The highest BCUT2D eigenvalue weighted by atomic mass is 19.4. The largest absolute Gasteiger partial charge is 0.405 e. The third-order valence-corrected chi connectivity index (χ3v) is 1.97. The molecule has 0 spiro atoms. The van der Waals surface area contributed by atoms with E-state index in [2.05, 4.69) is 12.2 Å². The second kappa shape index (κ2) is 3.62. The van der Waals surface area contributed by atoms with Gasteiger partial charge in [0.25, 0.3) is 0 Å². The molecule has 1 unspecified atom stereocenters. The van der Waals surface area contributed by atoms with Gasteiger partial charge in [-0.1, -0.05) is 0 Å². The van der Waals surface area contributed by atoms with Gasteiger partial charge in [-0.25, -0.2) is 0 Å². The lowest BCUT2D eigenvalue weighted by molar-refractivity contribution is -0.164. The molecule has 0 saturated carbocycles. The number of halogens is 3. The molecule has 0 aromatic rings. The first-order valence-electron chi connectivity index (χ1n) is 3.85. The molecule has 1 aliphatic rings. The van der Waals surface area contributed by atoms with Crippen LogP contribution in [0.25, 0.3) is 0 Å². The molecule has 5 heteroatoms. The van der Waals surface area contributed by atoms with Gasteiger partial charge in [0.1, 0.15) is 6.04 Å². The van der Waals surface area contributed by atoms with Gasteiger partial charge in [0.2, 0.25) is 0 Å². The summed E-state index contributed by atoms with van der Waals surface area (Å²) in [7, 11) is 0. The van der Waals surface area contributed by atoms with Crippen molar-refractivity contribution in [1.82, 2.24) is 10.2 Å². The summed E-state index contributed by atoms with van der Waals surface area (Å²) in [6, 6.07) is -1.38. The van der Waals surface area contributed by atoms with Crippen LogP contribution in [0.3, 0.4) is 0 Å². The van der Waals surface area contributed by atoms with Gasteiger partial charge in [0.05, 0.1) is 0 Å². The maximum atomic E-state index is 12.1. The fraction of sp³-hybridized carbons (Fsp3) is 0.857. The Balaban J connectivity index is 2.46. The molecule has 1 atom stereocenters. The summed E-state index contributed by atoms with van der Waals surface area (Å²) in [5.41, 5.74) is 0. The van der Waals surface area contributed by atoms with Gasteiger partial charge in [-0.15, -0.1) is 0 Å². The number of rotatable bonds is 1. The van der Waals surface area contributed by atoms with Gasteiger partial charge < -0.3 is 10.2 Å². The number of alkyl halides is 3. The Kier molecular flexibility index (Phi) is 2.95. The summed E-state index contributed by atoms with van der Waals surface area (Å²) in [5.74, 6) is 0. The average molecular weight is 181 g/mol. The van der Waals surface area contributed by atoms with Gasteiger partial charge in [-0.3, -0.25) is 0 Å². The van der Waals surface area contributed by atoms with Crippen molar-refractivity contribution < 1.29 is 13.2 Å². The van der Waals surface area contributed by atoms with Crippen LogP contribution in [0, 0.1) is 6.92 Å². The minimum Gasteiger partial charge on any atom is -0.304 e. The van der Waals surface area contributed by atoms with E-state index in [1.807, 2.05) is 0 Å². The summed E-state index contributed by atoms with van der Waals surface area (Å²) in [4.78, 5) is 1.69. The molecule has 1 aliphatic heterocycles. The number of hydrogen-bond acceptors (Lipinski definition) is 2. The highest BCUT2D eigenvalue weighted by Crippen LogP contribution is 2.22. The summed E-state index contributed by atoms with van der Waals surface area (Å²) in [5, 5.41) is 2.43. The third kappa shape index (κ3) is 2.35. The molecule has 1 heterocycles. The molecule has 1 fully saturated rings. The maximum absolute atomic E-state index is 12.1. The number of hydrogen-bond donors (Lipinski definition) is 1. The normalized spacial score (nSPS) is 27.5. The second-order valence-electron chi connectivity index (χ2n) is 2.85. The lowest BCUT2D eigenvalue weighted by atomic mass is 10.2. The van der Waals surface area contributed by atoms with E-state index in [1.165, 1.54) is 0 Å². The molecule has 0 aromatic carbocycles. The molecule has 1 radical (unpaired) electrons. The van der Waals surface area contributed by atoms with E-state index in [-0.39, 0.29) is 6.54 Å². The van der Waals surface area contributed by atoms with Crippen LogP contribution in [0.15, 0.2) is 0 Å². The summed E-state index contributed by atoms with van der Waals surface area (Å²) in [6.45, 7) is 5.05. The van der Waals surface area contributed by atoms with Crippen molar-refractivity contribution in [2.75, 3.05) is 26.2 Å². The van der Waals surface area contributed by atoms with E-state index in [0.29, 0.717) is 19.6 Å². The van der Waals surface area contributed by atoms with Crippen molar-refractivity contribution in [3.8, 4) is 0 Å². The molecular weight excluding hydrogens is 169 g/mol. The van der Waals surface area contributed by atoms with Crippen LogP contribution in [0.2, 0.25) is 0 Å². The van der Waals surface area contributed by atoms with Crippen molar-refractivity contribution >= 4 is 0 Å². The summed E-state index contributed by atoms with van der Waals surface area (Å²) in [6.07, 6.45) is -4.13. The van der Waals surface area contributed by atoms with Crippen LogP contribution in [0.4, 0.5) is 13.2 Å². The monoisotopic (exact) mass is 181 g/mol. The Morgan fingerprint density at radius 1 is 1.50 bits per heavy atom. The molecule has 0 amide bonds. The molecular formula is C7H12F3N2. The standard InChI is InChI=1S/C7H12F3N2/c1-2-12-4-3-11-6(5-12)7(8,9)10/h6,11H,1-5H2. The lowest BCUT2D eigenvalue weighted by Crippen LogP contribution is -2.56. The van der Waals surface area contributed by atoms with Crippen molar-refractivity contribution in [3.63, 3.8) is 0 Å². The van der Waals surface area contributed by atoms with Crippen LogP contribution in [0.5, 0.6) is 0 Å². The number of piperazine rings is 1. The molecule has 2 nitrogen and oxygen atoms in total. The molecule has 0 bridgehead atoms. The smallest absolute Gasteiger partial charge is 0.304 e. The van der Waals surface area contributed by atoms with E-state index < -0.39 is 12.2 Å². The zero-order chi connectivity index (χ0) is 9.19. The first kappa shape index (κ1) is 9.80. The summed E-state index contributed by atoms with van der Waals surface area (Å²) < 4.78 is 36.4. The minimum atomic E-state index is -4.13. The minimum absolute atomic E-state index is 0.0208.